The summed E-state index contributed by atoms with van der Waals surface area (Å²) in [6, 6.07) is 4.87. The Morgan fingerprint density at radius 1 is 1.10 bits per heavy atom. The van der Waals surface area contributed by atoms with Crippen molar-refractivity contribution in [2.24, 2.45) is 0 Å². The molecule has 1 saturated heterocycles. The minimum Gasteiger partial charge on any atom is -0.492 e. The highest BCUT2D eigenvalue weighted by atomic mass is 32.1. The van der Waals surface area contributed by atoms with Gasteiger partial charge in [0, 0.05) is 32.6 Å². The van der Waals surface area contributed by atoms with Gasteiger partial charge >= 0.3 is 6.18 Å². The fourth-order valence-corrected chi connectivity index (χ4v) is 4.97. The number of fused-ring (bicyclic) bond motifs is 1. The Bertz CT molecular complexity index is 1010. The van der Waals surface area contributed by atoms with Crippen LogP contribution in [-0.2, 0) is 12.6 Å². The van der Waals surface area contributed by atoms with Gasteiger partial charge in [0.2, 0.25) is 10.8 Å². The average Bonchev–Trinajstić information content (AvgIpc) is 3.28. The van der Waals surface area contributed by atoms with Crippen LogP contribution in [0.1, 0.15) is 41.7 Å². The van der Waals surface area contributed by atoms with Crippen molar-refractivity contribution in [3.8, 4) is 5.88 Å². The topological polar surface area (TPSA) is 56.9 Å². The molecule has 1 atom stereocenters. The maximum atomic E-state index is 13.0. The molecule has 4 rings (SSSR count). The molecule has 1 N–H and O–H groups in total. The van der Waals surface area contributed by atoms with Crippen LogP contribution in [0.4, 0.5) is 13.2 Å². The third-order valence-electron chi connectivity index (χ3n) is 5.58. The lowest BCUT2D eigenvalue weighted by Gasteiger charge is -2.38. The Morgan fingerprint density at radius 3 is 2.30 bits per heavy atom. The lowest BCUT2D eigenvalue weighted by molar-refractivity contribution is -0.137. The van der Waals surface area contributed by atoms with Crippen LogP contribution >= 0.6 is 11.3 Å². The van der Waals surface area contributed by atoms with E-state index in [1.807, 2.05) is 6.92 Å². The summed E-state index contributed by atoms with van der Waals surface area (Å²) in [5, 5.41) is 15.2. The number of nitrogens with zero attached hydrogens (tertiary/aromatic N) is 5. The Labute approximate surface area is 176 Å². The summed E-state index contributed by atoms with van der Waals surface area (Å²) in [5.74, 6) is 0.649. The molecule has 3 aromatic rings. The molecule has 0 spiro atoms. The van der Waals surface area contributed by atoms with E-state index >= 15 is 0 Å². The fourth-order valence-electron chi connectivity index (χ4n) is 3.84. The van der Waals surface area contributed by atoms with Crippen LogP contribution in [-0.4, -0.2) is 62.2 Å². The largest absolute Gasteiger partial charge is 0.492 e. The summed E-state index contributed by atoms with van der Waals surface area (Å²) in [5.41, 5.74) is 0.0312. The van der Waals surface area contributed by atoms with E-state index in [4.69, 9.17) is 0 Å². The average molecular weight is 440 g/mol. The van der Waals surface area contributed by atoms with Gasteiger partial charge in [-0.05, 0) is 24.2 Å². The van der Waals surface area contributed by atoms with Crippen LogP contribution in [0.5, 0.6) is 5.88 Å². The zero-order chi connectivity index (χ0) is 21.5. The number of aromatic hydroxyl groups is 1. The standard InChI is InChI=1S/C20H24F3N5OS/c1-3-15-24-19-28(25-15)18(29)17(30-19)16(27-11-9-26(4-2)10-12-27)13-5-7-14(8-6-13)20(21,22)23/h5-8,16,29H,3-4,9-12H2,1-2H3. The lowest BCUT2D eigenvalue weighted by Crippen LogP contribution is -2.47. The van der Waals surface area contributed by atoms with Gasteiger partial charge < -0.3 is 10.0 Å². The van der Waals surface area contributed by atoms with Gasteiger partial charge in [0.15, 0.2) is 5.82 Å². The van der Waals surface area contributed by atoms with Crippen molar-refractivity contribution in [2.45, 2.75) is 32.5 Å². The number of halogens is 3. The molecule has 0 saturated carbocycles. The van der Waals surface area contributed by atoms with E-state index in [0.29, 0.717) is 27.6 Å². The van der Waals surface area contributed by atoms with Gasteiger partial charge in [-0.1, -0.05) is 37.3 Å². The van der Waals surface area contributed by atoms with Crippen molar-refractivity contribution in [1.29, 1.82) is 0 Å². The molecule has 2 aromatic heterocycles. The summed E-state index contributed by atoms with van der Waals surface area (Å²) in [4.78, 5) is 10.2. The van der Waals surface area contributed by atoms with Crippen molar-refractivity contribution in [3.63, 3.8) is 0 Å². The van der Waals surface area contributed by atoms with Gasteiger partial charge in [-0.3, -0.25) is 4.90 Å². The predicted octanol–water partition coefficient (Wildman–Crippen LogP) is 3.80. The van der Waals surface area contributed by atoms with Crippen LogP contribution in [0.2, 0.25) is 0 Å². The Kier molecular flexibility index (Phi) is 5.73. The summed E-state index contributed by atoms with van der Waals surface area (Å²) in [6.07, 6.45) is -3.72. The second-order valence-electron chi connectivity index (χ2n) is 7.36. The number of hydrogen-bond donors (Lipinski definition) is 1. The molecule has 3 heterocycles. The van der Waals surface area contributed by atoms with Crippen LogP contribution in [0.15, 0.2) is 24.3 Å². The molecule has 6 nitrogen and oxygen atoms in total. The van der Waals surface area contributed by atoms with E-state index < -0.39 is 11.7 Å². The molecule has 1 aliphatic heterocycles. The van der Waals surface area contributed by atoms with Crippen LogP contribution in [0.3, 0.4) is 0 Å². The Balaban J connectivity index is 1.74. The van der Waals surface area contributed by atoms with E-state index in [1.54, 1.807) is 0 Å². The van der Waals surface area contributed by atoms with Gasteiger partial charge in [-0.15, -0.1) is 5.10 Å². The van der Waals surface area contributed by atoms with E-state index in [2.05, 4.69) is 26.8 Å². The molecule has 10 heteroatoms. The van der Waals surface area contributed by atoms with E-state index in [0.717, 1.165) is 44.9 Å². The number of aromatic nitrogens is 3. The number of alkyl halides is 3. The van der Waals surface area contributed by atoms with Crippen molar-refractivity contribution in [2.75, 3.05) is 32.7 Å². The third-order valence-corrected chi connectivity index (χ3v) is 6.65. The fraction of sp³-hybridized carbons (Fsp3) is 0.500. The summed E-state index contributed by atoms with van der Waals surface area (Å²) < 4.78 is 40.5. The minimum absolute atomic E-state index is 0.00465. The molecule has 1 aliphatic rings. The number of benzene rings is 1. The first-order chi connectivity index (χ1) is 14.3. The molecule has 0 radical (unpaired) electrons. The van der Waals surface area contributed by atoms with E-state index in [1.165, 1.54) is 28.0 Å². The van der Waals surface area contributed by atoms with Crippen molar-refractivity contribution in [3.05, 3.63) is 46.1 Å². The van der Waals surface area contributed by atoms with Crippen LogP contribution in [0, 0.1) is 0 Å². The number of rotatable bonds is 5. The van der Waals surface area contributed by atoms with Gasteiger partial charge in [0.1, 0.15) is 0 Å². The summed E-state index contributed by atoms with van der Waals surface area (Å²) in [6.45, 7) is 8.26. The van der Waals surface area contributed by atoms with Crippen molar-refractivity contribution in [1.82, 2.24) is 24.4 Å². The maximum Gasteiger partial charge on any atom is 0.416 e. The number of likely N-dealkylation sites (N-methyl/N-ethyl adjacent to an activating group) is 1. The molecule has 1 unspecified atom stereocenters. The number of thiazole rings is 1. The molecule has 0 amide bonds. The lowest BCUT2D eigenvalue weighted by atomic mass is 10.0. The number of aryl methyl sites for hydroxylation is 1. The second-order valence-corrected chi connectivity index (χ2v) is 8.37. The zero-order valence-electron chi connectivity index (χ0n) is 16.9. The first-order valence-electron chi connectivity index (χ1n) is 10.0. The summed E-state index contributed by atoms with van der Waals surface area (Å²) in [7, 11) is 0. The molecular formula is C20H24F3N5OS. The third kappa shape index (κ3) is 3.91. The molecule has 0 aliphatic carbocycles. The van der Waals surface area contributed by atoms with Gasteiger partial charge in [-0.25, -0.2) is 4.98 Å². The van der Waals surface area contributed by atoms with E-state index in [-0.39, 0.29) is 11.9 Å². The Morgan fingerprint density at radius 2 is 1.77 bits per heavy atom. The minimum atomic E-state index is -4.38. The second kappa shape index (κ2) is 8.16. The highest BCUT2D eigenvalue weighted by Crippen LogP contribution is 2.41. The molecular weight excluding hydrogens is 415 g/mol. The van der Waals surface area contributed by atoms with Crippen molar-refractivity contribution >= 4 is 16.3 Å². The SMILES string of the molecule is CCc1nc2sc(C(c3ccc(C(F)(F)F)cc3)N3CCN(CC)CC3)c(O)n2n1. The monoisotopic (exact) mass is 439 g/mol. The van der Waals surface area contributed by atoms with Gasteiger partial charge in [-0.2, -0.15) is 17.7 Å². The molecule has 1 fully saturated rings. The maximum absolute atomic E-state index is 13.0. The quantitative estimate of drug-likeness (QED) is 0.655. The molecule has 1 aromatic carbocycles. The van der Waals surface area contributed by atoms with Gasteiger partial charge in [0.05, 0.1) is 16.5 Å². The Hall–Kier alpha value is -2.17. The first-order valence-corrected chi connectivity index (χ1v) is 10.8. The highest BCUT2D eigenvalue weighted by molar-refractivity contribution is 7.17. The number of hydrogen-bond acceptors (Lipinski definition) is 6. The zero-order valence-corrected chi connectivity index (χ0v) is 17.7. The highest BCUT2D eigenvalue weighted by Gasteiger charge is 2.34. The smallest absolute Gasteiger partial charge is 0.416 e. The first kappa shape index (κ1) is 21.1. The molecule has 0 bridgehead atoms. The van der Waals surface area contributed by atoms with Crippen molar-refractivity contribution < 1.29 is 18.3 Å². The van der Waals surface area contributed by atoms with E-state index in [9.17, 15) is 18.3 Å². The molecule has 162 valence electrons. The van der Waals surface area contributed by atoms with Gasteiger partial charge in [0.25, 0.3) is 0 Å². The predicted molar refractivity (Wildman–Crippen MR) is 109 cm³/mol. The van der Waals surface area contributed by atoms with Crippen LogP contribution < -0.4 is 0 Å². The normalized spacial score (nSPS) is 17.6. The van der Waals surface area contributed by atoms with Crippen LogP contribution in [0.25, 0.3) is 4.96 Å². The summed E-state index contributed by atoms with van der Waals surface area (Å²) >= 11 is 1.33. The molecule has 30 heavy (non-hydrogen) atoms. The number of piperazine rings is 1.